The first-order valence-corrected chi connectivity index (χ1v) is 8.36. The minimum Gasteiger partial charge on any atom is -0.479 e. The average Bonchev–Trinajstić information content (AvgIpc) is 2.45. The lowest BCUT2D eigenvalue weighted by Crippen LogP contribution is -2.25. The Bertz CT molecular complexity index is 488. The molecule has 0 spiro atoms. The van der Waals surface area contributed by atoms with Gasteiger partial charge in [-0.3, -0.25) is 0 Å². The second kappa shape index (κ2) is 8.92. The molecule has 0 aliphatic heterocycles. The molecule has 0 saturated heterocycles. The van der Waals surface area contributed by atoms with Crippen molar-refractivity contribution in [2.24, 2.45) is 5.41 Å². The Hall–Kier alpha value is -1.55. The number of para-hydroxylation sites is 1. The zero-order chi connectivity index (χ0) is 17.5. The summed E-state index contributed by atoms with van der Waals surface area (Å²) in [6.45, 7) is 10.7. The van der Waals surface area contributed by atoms with E-state index in [2.05, 4.69) is 34.6 Å². The van der Waals surface area contributed by atoms with E-state index < -0.39 is 12.1 Å². The van der Waals surface area contributed by atoms with E-state index in [0.717, 1.165) is 24.8 Å². The fourth-order valence-corrected chi connectivity index (χ4v) is 2.34. The first-order chi connectivity index (χ1) is 10.7. The third-order valence-electron chi connectivity index (χ3n) is 3.71. The molecule has 0 aliphatic rings. The zero-order valence-electron chi connectivity index (χ0n) is 15.0. The molecule has 0 radical (unpaired) electrons. The zero-order valence-corrected chi connectivity index (χ0v) is 15.0. The van der Waals surface area contributed by atoms with Crippen LogP contribution in [0, 0.1) is 5.41 Å². The molecular formula is C19H30O4. The summed E-state index contributed by atoms with van der Waals surface area (Å²) >= 11 is 0. The van der Waals surface area contributed by atoms with E-state index >= 15 is 0 Å². The number of carboxylic acid groups (broad SMARTS) is 1. The van der Waals surface area contributed by atoms with Crippen LogP contribution in [-0.4, -0.2) is 17.2 Å². The van der Waals surface area contributed by atoms with Crippen LogP contribution < -0.4 is 4.89 Å². The minimum atomic E-state index is -0.984. The van der Waals surface area contributed by atoms with Crippen molar-refractivity contribution in [1.29, 1.82) is 0 Å². The van der Waals surface area contributed by atoms with E-state index in [4.69, 9.17) is 9.78 Å². The van der Waals surface area contributed by atoms with Gasteiger partial charge in [0, 0.05) is 5.56 Å². The highest BCUT2D eigenvalue weighted by atomic mass is 17.2. The van der Waals surface area contributed by atoms with E-state index in [1.807, 2.05) is 18.2 Å². The fourth-order valence-electron chi connectivity index (χ4n) is 2.34. The molecule has 4 nitrogen and oxygen atoms in total. The molecule has 4 heteroatoms. The SMILES string of the molecule is CC(C)c1ccccc1OOC(CCCCC(C)(C)C)C(=O)O. The molecule has 0 aliphatic carbocycles. The van der Waals surface area contributed by atoms with Crippen LogP contribution in [-0.2, 0) is 9.68 Å². The highest BCUT2D eigenvalue weighted by molar-refractivity contribution is 5.72. The average molecular weight is 322 g/mol. The normalized spacial score (nSPS) is 13.1. The van der Waals surface area contributed by atoms with Crippen LogP contribution in [0.25, 0.3) is 0 Å². The summed E-state index contributed by atoms with van der Waals surface area (Å²) in [7, 11) is 0. The number of carboxylic acids is 1. The summed E-state index contributed by atoms with van der Waals surface area (Å²) in [6.07, 6.45) is 2.38. The number of aliphatic carboxylic acids is 1. The van der Waals surface area contributed by atoms with Crippen molar-refractivity contribution in [3.8, 4) is 5.75 Å². The molecular weight excluding hydrogens is 292 g/mol. The monoisotopic (exact) mass is 322 g/mol. The number of benzene rings is 1. The van der Waals surface area contributed by atoms with Crippen molar-refractivity contribution in [1.82, 2.24) is 0 Å². The van der Waals surface area contributed by atoms with Gasteiger partial charge in [0.1, 0.15) is 0 Å². The Morgan fingerprint density at radius 2 is 1.83 bits per heavy atom. The maximum absolute atomic E-state index is 11.3. The van der Waals surface area contributed by atoms with Crippen LogP contribution in [0.5, 0.6) is 5.75 Å². The largest absolute Gasteiger partial charge is 0.479 e. The summed E-state index contributed by atoms with van der Waals surface area (Å²) in [5.41, 5.74) is 1.27. The smallest absolute Gasteiger partial charge is 0.337 e. The Kier molecular flexibility index (Phi) is 7.56. The first-order valence-electron chi connectivity index (χ1n) is 8.36. The third-order valence-corrected chi connectivity index (χ3v) is 3.71. The molecule has 23 heavy (non-hydrogen) atoms. The highest BCUT2D eigenvalue weighted by Crippen LogP contribution is 2.27. The lowest BCUT2D eigenvalue weighted by molar-refractivity contribution is -0.248. The molecule has 0 aromatic heterocycles. The van der Waals surface area contributed by atoms with Crippen LogP contribution in [0.3, 0.4) is 0 Å². The van der Waals surface area contributed by atoms with Crippen molar-refractivity contribution < 1.29 is 19.7 Å². The van der Waals surface area contributed by atoms with Gasteiger partial charge in [-0.2, -0.15) is 4.89 Å². The molecule has 1 rings (SSSR count). The maximum atomic E-state index is 11.3. The summed E-state index contributed by atoms with van der Waals surface area (Å²) in [5.74, 6) is -0.115. The molecule has 1 unspecified atom stereocenters. The summed E-state index contributed by atoms with van der Waals surface area (Å²) in [5, 5.41) is 9.28. The summed E-state index contributed by atoms with van der Waals surface area (Å²) in [4.78, 5) is 21.9. The van der Waals surface area contributed by atoms with Crippen LogP contribution in [0.1, 0.15) is 71.8 Å². The molecule has 130 valence electrons. The van der Waals surface area contributed by atoms with Crippen LogP contribution in [0.15, 0.2) is 24.3 Å². The molecule has 1 aromatic rings. The molecule has 0 heterocycles. The number of rotatable bonds is 9. The van der Waals surface area contributed by atoms with E-state index in [-0.39, 0.29) is 11.3 Å². The number of hydrogen-bond acceptors (Lipinski definition) is 3. The standard InChI is InChI=1S/C19H30O4/c1-14(2)15-10-6-7-11-16(15)22-23-17(18(20)21)12-8-9-13-19(3,4)5/h6-7,10-11,14,17H,8-9,12-13H2,1-5H3,(H,20,21). The van der Waals surface area contributed by atoms with Crippen LogP contribution >= 0.6 is 0 Å². The van der Waals surface area contributed by atoms with Gasteiger partial charge >= 0.3 is 5.97 Å². The lowest BCUT2D eigenvalue weighted by atomic mass is 9.89. The van der Waals surface area contributed by atoms with E-state index in [1.165, 1.54) is 0 Å². The summed E-state index contributed by atoms with van der Waals surface area (Å²) in [6, 6.07) is 7.54. The van der Waals surface area contributed by atoms with E-state index in [1.54, 1.807) is 6.07 Å². The Balaban J connectivity index is 2.53. The van der Waals surface area contributed by atoms with Gasteiger partial charge < -0.3 is 9.99 Å². The molecule has 1 aromatic carbocycles. The van der Waals surface area contributed by atoms with Crippen molar-refractivity contribution in [2.45, 2.75) is 72.3 Å². The molecule has 0 saturated carbocycles. The number of unbranched alkanes of at least 4 members (excludes halogenated alkanes) is 1. The second-order valence-corrected chi connectivity index (χ2v) is 7.51. The molecule has 0 bridgehead atoms. The van der Waals surface area contributed by atoms with Crippen molar-refractivity contribution in [2.75, 3.05) is 0 Å². The predicted molar refractivity (Wildman–Crippen MR) is 91.6 cm³/mol. The quantitative estimate of drug-likeness (QED) is 0.386. The van der Waals surface area contributed by atoms with Crippen molar-refractivity contribution >= 4 is 5.97 Å². The Labute approximate surface area is 139 Å². The fraction of sp³-hybridized carbons (Fsp3) is 0.632. The van der Waals surface area contributed by atoms with Crippen LogP contribution in [0.2, 0.25) is 0 Å². The summed E-state index contributed by atoms with van der Waals surface area (Å²) < 4.78 is 0. The highest BCUT2D eigenvalue weighted by Gasteiger charge is 2.21. The number of carbonyl (C=O) groups is 1. The van der Waals surface area contributed by atoms with Gasteiger partial charge in [0.05, 0.1) is 0 Å². The van der Waals surface area contributed by atoms with Crippen LogP contribution in [0.4, 0.5) is 0 Å². The molecule has 1 atom stereocenters. The lowest BCUT2D eigenvalue weighted by Gasteiger charge is -2.19. The first kappa shape index (κ1) is 19.5. The molecule has 1 N–H and O–H groups in total. The van der Waals surface area contributed by atoms with E-state index in [0.29, 0.717) is 12.2 Å². The predicted octanol–water partition coefficient (Wildman–Crippen LogP) is 5.18. The second-order valence-electron chi connectivity index (χ2n) is 7.51. The van der Waals surface area contributed by atoms with Gasteiger partial charge in [-0.05, 0) is 30.2 Å². The Morgan fingerprint density at radius 3 is 2.39 bits per heavy atom. The maximum Gasteiger partial charge on any atom is 0.337 e. The molecule has 0 fully saturated rings. The third kappa shape index (κ3) is 7.51. The van der Waals surface area contributed by atoms with Crippen molar-refractivity contribution in [3.05, 3.63) is 29.8 Å². The van der Waals surface area contributed by atoms with Gasteiger partial charge in [0.25, 0.3) is 0 Å². The van der Waals surface area contributed by atoms with Gasteiger partial charge in [-0.25, -0.2) is 4.79 Å². The number of hydrogen-bond donors (Lipinski definition) is 1. The van der Waals surface area contributed by atoms with Gasteiger partial charge in [0.2, 0.25) is 6.10 Å². The molecule has 0 amide bonds. The Morgan fingerprint density at radius 1 is 1.17 bits per heavy atom. The van der Waals surface area contributed by atoms with Crippen molar-refractivity contribution in [3.63, 3.8) is 0 Å². The van der Waals surface area contributed by atoms with Gasteiger partial charge in [-0.15, -0.1) is 0 Å². The van der Waals surface area contributed by atoms with E-state index in [9.17, 15) is 9.90 Å². The minimum absolute atomic E-state index is 0.270. The van der Waals surface area contributed by atoms with Gasteiger partial charge in [-0.1, -0.05) is 65.7 Å². The topological polar surface area (TPSA) is 55.8 Å². The van der Waals surface area contributed by atoms with Gasteiger partial charge in [0.15, 0.2) is 5.75 Å².